The maximum absolute atomic E-state index is 10.7. The molecule has 2 saturated carbocycles. The summed E-state index contributed by atoms with van der Waals surface area (Å²) in [7, 11) is 0. The lowest BCUT2D eigenvalue weighted by atomic mass is 10.0. The average molecular weight is 150 g/mol. The van der Waals surface area contributed by atoms with E-state index in [1.54, 1.807) is 0 Å². The summed E-state index contributed by atoms with van der Waals surface area (Å²) in [5.74, 6) is 1.70. The zero-order valence-electron chi connectivity index (χ0n) is 6.10. The highest BCUT2D eigenvalue weighted by Crippen LogP contribution is 2.66. The van der Waals surface area contributed by atoms with E-state index in [4.69, 9.17) is 5.11 Å². The molecular formula is C9H10O2. The van der Waals surface area contributed by atoms with Gasteiger partial charge in [0.05, 0.1) is 5.92 Å². The average Bonchev–Trinajstić information content (AvgIpc) is 2.44. The van der Waals surface area contributed by atoms with Crippen LogP contribution in [-0.4, -0.2) is 11.1 Å². The van der Waals surface area contributed by atoms with Gasteiger partial charge >= 0.3 is 5.97 Å². The molecule has 3 aliphatic carbocycles. The van der Waals surface area contributed by atoms with Crippen LogP contribution in [0.5, 0.6) is 0 Å². The smallest absolute Gasteiger partial charge is 0.307 e. The number of carboxylic acid groups (broad SMARTS) is 1. The zero-order valence-corrected chi connectivity index (χ0v) is 6.10. The van der Waals surface area contributed by atoms with Gasteiger partial charge in [-0.05, 0) is 30.1 Å². The number of allylic oxidation sites excluding steroid dienone is 2. The molecule has 0 amide bonds. The van der Waals surface area contributed by atoms with Crippen LogP contribution in [0.3, 0.4) is 0 Å². The highest BCUT2D eigenvalue weighted by Gasteiger charge is 2.66. The summed E-state index contributed by atoms with van der Waals surface area (Å²) in [6.07, 6.45) is 5.67. The summed E-state index contributed by atoms with van der Waals surface area (Å²) < 4.78 is 0. The topological polar surface area (TPSA) is 37.3 Å². The van der Waals surface area contributed by atoms with Crippen LogP contribution in [0.4, 0.5) is 0 Å². The minimum atomic E-state index is -0.571. The van der Waals surface area contributed by atoms with Crippen molar-refractivity contribution in [1.29, 1.82) is 0 Å². The van der Waals surface area contributed by atoms with Crippen LogP contribution in [0, 0.1) is 29.6 Å². The lowest BCUT2D eigenvalue weighted by molar-refractivity contribution is -0.139. The molecule has 0 radical (unpaired) electrons. The van der Waals surface area contributed by atoms with Crippen molar-refractivity contribution in [3.05, 3.63) is 12.2 Å². The first-order chi connectivity index (χ1) is 5.29. The van der Waals surface area contributed by atoms with Crippen molar-refractivity contribution < 1.29 is 9.90 Å². The van der Waals surface area contributed by atoms with E-state index in [1.807, 2.05) is 0 Å². The lowest BCUT2D eigenvalue weighted by Crippen LogP contribution is -2.08. The SMILES string of the molecule is O=C(O)C1[C@H]2[C@H]1[C@@H]1C=C[C@@H]2C1. The monoisotopic (exact) mass is 150 g/mol. The molecule has 0 heterocycles. The molecule has 0 aromatic heterocycles. The van der Waals surface area contributed by atoms with E-state index in [-0.39, 0.29) is 5.92 Å². The van der Waals surface area contributed by atoms with E-state index in [0.717, 1.165) is 0 Å². The van der Waals surface area contributed by atoms with Gasteiger partial charge in [0, 0.05) is 0 Å². The molecule has 0 saturated heterocycles. The van der Waals surface area contributed by atoms with Gasteiger partial charge in [0.1, 0.15) is 0 Å². The molecular weight excluding hydrogens is 140 g/mol. The summed E-state index contributed by atoms with van der Waals surface area (Å²) >= 11 is 0. The Morgan fingerprint density at radius 2 is 1.82 bits per heavy atom. The van der Waals surface area contributed by atoms with Gasteiger partial charge in [-0.25, -0.2) is 0 Å². The van der Waals surface area contributed by atoms with Gasteiger partial charge in [0.25, 0.3) is 0 Å². The molecule has 3 aliphatic rings. The Morgan fingerprint density at radius 1 is 1.27 bits per heavy atom. The normalized spacial score (nSPS) is 56.2. The maximum atomic E-state index is 10.7. The molecule has 2 fully saturated rings. The molecule has 1 N–H and O–H groups in total. The van der Waals surface area contributed by atoms with E-state index >= 15 is 0 Å². The third kappa shape index (κ3) is 0.525. The highest BCUT2D eigenvalue weighted by atomic mass is 16.4. The molecule has 2 nitrogen and oxygen atoms in total. The number of carboxylic acids is 1. The van der Waals surface area contributed by atoms with Crippen molar-refractivity contribution in [2.45, 2.75) is 6.42 Å². The molecule has 4 atom stereocenters. The first-order valence-electron chi connectivity index (χ1n) is 4.20. The Morgan fingerprint density at radius 3 is 2.27 bits per heavy atom. The Balaban J connectivity index is 1.90. The summed E-state index contributed by atoms with van der Waals surface area (Å²) in [4.78, 5) is 10.7. The van der Waals surface area contributed by atoms with Crippen LogP contribution in [-0.2, 0) is 4.79 Å². The molecule has 3 rings (SSSR count). The fourth-order valence-corrected chi connectivity index (χ4v) is 3.12. The lowest BCUT2D eigenvalue weighted by Gasteiger charge is -2.03. The molecule has 0 aliphatic heterocycles. The molecule has 58 valence electrons. The van der Waals surface area contributed by atoms with Crippen molar-refractivity contribution in [2.24, 2.45) is 29.6 Å². The maximum Gasteiger partial charge on any atom is 0.307 e. The molecule has 0 aromatic rings. The van der Waals surface area contributed by atoms with Crippen molar-refractivity contribution in [3.8, 4) is 0 Å². The predicted molar refractivity (Wildman–Crippen MR) is 38.8 cm³/mol. The zero-order chi connectivity index (χ0) is 7.59. The van der Waals surface area contributed by atoms with Gasteiger partial charge < -0.3 is 5.11 Å². The third-order valence-electron chi connectivity index (χ3n) is 3.56. The molecule has 0 aromatic carbocycles. The second-order valence-corrected chi connectivity index (χ2v) is 3.97. The highest BCUT2D eigenvalue weighted by molar-refractivity contribution is 5.75. The van der Waals surface area contributed by atoms with E-state index in [9.17, 15) is 4.79 Å². The van der Waals surface area contributed by atoms with Crippen LogP contribution < -0.4 is 0 Å². The first-order valence-corrected chi connectivity index (χ1v) is 4.20. The summed E-state index contributed by atoms with van der Waals surface area (Å²) in [5, 5.41) is 8.79. The van der Waals surface area contributed by atoms with Crippen molar-refractivity contribution >= 4 is 5.97 Å². The molecule has 11 heavy (non-hydrogen) atoms. The minimum absolute atomic E-state index is 0.00810. The van der Waals surface area contributed by atoms with Crippen molar-refractivity contribution in [2.75, 3.05) is 0 Å². The summed E-state index contributed by atoms with van der Waals surface area (Å²) in [6.45, 7) is 0. The van der Waals surface area contributed by atoms with E-state index in [0.29, 0.717) is 23.7 Å². The molecule has 0 spiro atoms. The Labute approximate surface area is 64.9 Å². The van der Waals surface area contributed by atoms with Crippen LogP contribution in [0.15, 0.2) is 12.2 Å². The number of fused-ring (bicyclic) bond motifs is 5. The quantitative estimate of drug-likeness (QED) is 0.569. The van der Waals surface area contributed by atoms with E-state index in [2.05, 4.69) is 12.2 Å². The first kappa shape index (κ1) is 5.81. The predicted octanol–water partition coefficient (Wildman–Crippen LogP) is 1.14. The Bertz CT molecular complexity index is 238. The second-order valence-electron chi connectivity index (χ2n) is 3.97. The van der Waals surface area contributed by atoms with Crippen LogP contribution in [0.2, 0.25) is 0 Å². The number of rotatable bonds is 1. The molecule has 2 heteroatoms. The van der Waals surface area contributed by atoms with Gasteiger partial charge in [-0.1, -0.05) is 12.2 Å². The van der Waals surface area contributed by atoms with Crippen molar-refractivity contribution in [3.63, 3.8) is 0 Å². The van der Waals surface area contributed by atoms with Crippen LogP contribution >= 0.6 is 0 Å². The van der Waals surface area contributed by atoms with Crippen LogP contribution in [0.25, 0.3) is 0 Å². The number of carbonyl (C=O) groups is 1. The van der Waals surface area contributed by atoms with Gasteiger partial charge in [0.15, 0.2) is 0 Å². The Hall–Kier alpha value is -0.790. The third-order valence-corrected chi connectivity index (χ3v) is 3.56. The van der Waals surface area contributed by atoms with Crippen LogP contribution in [0.1, 0.15) is 6.42 Å². The van der Waals surface area contributed by atoms with Gasteiger partial charge in [-0.3, -0.25) is 4.79 Å². The van der Waals surface area contributed by atoms with Gasteiger partial charge in [-0.15, -0.1) is 0 Å². The summed E-state index contributed by atoms with van der Waals surface area (Å²) in [6, 6.07) is 0. The standard InChI is InChI=1S/C9H10O2/c10-9(11)8-6-4-1-2-5(3-4)7(6)8/h1-2,4-8H,3H2,(H,10,11)/t4-,5-,6-,7-/m1/s1. The Kier molecular flexibility index (Phi) is 0.803. The van der Waals surface area contributed by atoms with Gasteiger partial charge in [-0.2, -0.15) is 0 Å². The van der Waals surface area contributed by atoms with Gasteiger partial charge in [0.2, 0.25) is 0 Å². The minimum Gasteiger partial charge on any atom is -0.481 e. The summed E-state index contributed by atoms with van der Waals surface area (Å²) in [5.41, 5.74) is 0. The fourth-order valence-electron chi connectivity index (χ4n) is 3.12. The van der Waals surface area contributed by atoms with E-state index < -0.39 is 5.97 Å². The fraction of sp³-hybridized carbons (Fsp3) is 0.667. The largest absolute Gasteiger partial charge is 0.481 e. The van der Waals surface area contributed by atoms with Crippen molar-refractivity contribution in [1.82, 2.24) is 0 Å². The second kappa shape index (κ2) is 1.52. The molecule has 0 unspecified atom stereocenters. The number of aliphatic carboxylic acids is 1. The number of hydrogen-bond acceptors (Lipinski definition) is 1. The van der Waals surface area contributed by atoms with E-state index in [1.165, 1.54) is 6.42 Å². The number of hydrogen-bond donors (Lipinski definition) is 1. The molecule has 2 bridgehead atoms.